The lowest BCUT2D eigenvalue weighted by molar-refractivity contribution is 0.0270. The Morgan fingerprint density at radius 3 is 2.32 bits per heavy atom. The number of nitrogens with zero attached hydrogens (tertiary/aromatic N) is 1. The van der Waals surface area contributed by atoms with E-state index >= 15 is 0 Å². The standard InChI is InChI=1S/C20H21NO/c1-17-7-9-18(10-8-17)11-12-20(19-5-3-2-4-6-19)21-13-15-22-16-14-21/h2-10,20H,13-16H2,1H3. The molecular weight excluding hydrogens is 270 g/mol. The summed E-state index contributed by atoms with van der Waals surface area (Å²) in [6.07, 6.45) is 0. The van der Waals surface area contributed by atoms with Gasteiger partial charge in [0.05, 0.1) is 19.3 Å². The van der Waals surface area contributed by atoms with Crippen molar-refractivity contribution in [3.8, 4) is 11.8 Å². The van der Waals surface area contributed by atoms with Crippen LogP contribution in [-0.2, 0) is 4.74 Å². The maximum absolute atomic E-state index is 5.47. The Bertz CT molecular complexity index is 646. The molecule has 0 aliphatic carbocycles. The molecule has 1 atom stereocenters. The largest absolute Gasteiger partial charge is 0.379 e. The highest BCUT2D eigenvalue weighted by Gasteiger charge is 2.20. The third-order valence-electron chi connectivity index (χ3n) is 3.93. The summed E-state index contributed by atoms with van der Waals surface area (Å²) in [7, 11) is 0. The fourth-order valence-corrected chi connectivity index (χ4v) is 2.65. The summed E-state index contributed by atoms with van der Waals surface area (Å²) in [4.78, 5) is 2.40. The molecule has 2 heteroatoms. The van der Waals surface area contributed by atoms with Crippen LogP contribution >= 0.6 is 0 Å². The molecule has 1 unspecified atom stereocenters. The zero-order chi connectivity index (χ0) is 15.2. The summed E-state index contributed by atoms with van der Waals surface area (Å²) in [6, 6.07) is 19.0. The smallest absolute Gasteiger partial charge is 0.0976 e. The van der Waals surface area contributed by atoms with Gasteiger partial charge in [-0.15, -0.1) is 0 Å². The number of aryl methyl sites for hydroxylation is 1. The summed E-state index contributed by atoms with van der Waals surface area (Å²) < 4.78 is 5.47. The van der Waals surface area contributed by atoms with E-state index in [0.29, 0.717) is 0 Å². The van der Waals surface area contributed by atoms with E-state index in [9.17, 15) is 0 Å². The first-order valence-electron chi connectivity index (χ1n) is 7.78. The lowest BCUT2D eigenvalue weighted by Crippen LogP contribution is -2.38. The van der Waals surface area contributed by atoms with E-state index in [1.54, 1.807) is 0 Å². The average Bonchev–Trinajstić information content (AvgIpc) is 2.59. The van der Waals surface area contributed by atoms with Gasteiger partial charge in [-0.3, -0.25) is 4.90 Å². The van der Waals surface area contributed by atoms with Gasteiger partial charge in [-0.2, -0.15) is 0 Å². The van der Waals surface area contributed by atoms with Crippen molar-refractivity contribution in [1.82, 2.24) is 4.90 Å². The van der Waals surface area contributed by atoms with Crippen molar-refractivity contribution in [3.05, 3.63) is 71.3 Å². The minimum absolute atomic E-state index is 0.131. The second-order valence-corrected chi connectivity index (χ2v) is 5.60. The number of hydrogen-bond donors (Lipinski definition) is 0. The quantitative estimate of drug-likeness (QED) is 0.786. The SMILES string of the molecule is Cc1ccc(C#CC(c2ccccc2)N2CCOCC2)cc1. The molecule has 1 fully saturated rings. The van der Waals surface area contributed by atoms with E-state index in [2.05, 4.69) is 72.2 Å². The van der Waals surface area contributed by atoms with E-state index in [1.165, 1.54) is 11.1 Å². The van der Waals surface area contributed by atoms with E-state index in [4.69, 9.17) is 4.74 Å². The van der Waals surface area contributed by atoms with Crippen molar-refractivity contribution in [3.63, 3.8) is 0 Å². The minimum Gasteiger partial charge on any atom is -0.379 e. The maximum Gasteiger partial charge on any atom is 0.0976 e. The lowest BCUT2D eigenvalue weighted by atomic mass is 10.0. The number of hydrogen-bond acceptors (Lipinski definition) is 2. The fourth-order valence-electron chi connectivity index (χ4n) is 2.65. The van der Waals surface area contributed by atoms with Crippen LogP contribution in [0.15, 0.2) is 54.6 Å². The van der Waals surface area contributed by atoms with Gasteiger partial charge >= 0.3 is 0 Å². The van der Waals surface area contributed by atoms with E-state index in [-0.39, 0.29) is 6.04 Å². The van der Waals surface area contributed by atoms with Crippen molar-refractivity contribution >= 4 is 0 Å². The Balaban J connectivity index is 1.87. The van der Waals surface area contributed by atoms with Gasteiger partial charge in [0.2, 0.25) is 0 Å². The molecule has 0 saturated carbocycles. The summed E-state index contributed by atoms with van der Waals surface area (Å²) >= 11 is 0. The van der Waals surface area contributed by atoms with Gasteiger partial charge in [-0.25, -0.2) is 0 Å². The monoisotopic (exact) mass is 291 g/mol. The third kappa shape index (κ3) is 3.76. The molecule has 0 amide bonds. The molecule has 0 aromatic heterocycles. The lowest BCUT2D eigenvalue weighted by Gasteiger charge is -2.31. The number of rotatable bonds is 2. The number of benzene rings is 2. The fraction of sp³-hybridized carbons (Fsp3) is 0.300. The molecule has 3 rings (SSSR count). The Morgan fingerprint density at radius 1 is 0.955 bits per heavy atom. The second-order valence-electron chi connectivity index (χ2n) is 5.60. The van der Waals surface area contributed by atoms with E-state index in [1.807, 2.05) is 6.07 Å². The first-order valence-corrected chi connectivity index (χ1v) is 7.78. The molecule has 22 heavy (non-hydrogen) atoms. The Kier molecular flexibility index (Phi) is 4.90. The van der Waals surface area contributed by atoms with Gasteiger partial charge < -0.3 is 4.74 Å². The van der Waals surface area contributed by atoms with Gasteiger partial charge in [0, 0.05) is 18.7 Å². The molecule has 1 aliphatic heterocycles. The average molecular weight is 291 g/mol. The van der Waals surface area contributed by atoms with E-state index in [0.717, 1.165) is 31.9 Å². The van der Waals surface area contributed by atoms with Gasteiger partial charge in [0.15, 0.2) is 0 Å². The third-order valence-corrected chi connectivity index (χ3v) is 3.93. The van der Waals surface area contributed by atoms with Crippen LogP contribution in [-0.4, -0.2) is 31.2 Å². The van der Waals surface area contributed by atoms with Crippen LogP contribution in [0.1, 0.15) is 22.7 Å². The zero-order valence-corrected chi connectivity index (χ0v) is 13.0. The van der Waals surface area contributed by atoms with Gasteiger partial charge in [0.1, 0.15) is 0 Å². The van der Waals surface area contributed by atoms with Crippen LogP contribution in [0, 0.1) is 18.8 Å². The summed E-state index contributed by atoms with van der Waals surface area (Å²) in [5.41, 5.74) is 3.59. The molecule has 0 N–H and O–H groups in total. The zero-order valence-electron chi connectivity index (χ0n) is 13.0. The van der Waals surface area contributed by atoms with Crippen LogP contribution in [0.4, 0.5) is 0 Å². The number of ether oxygens (including phenoxy) is 1. The Labute approximate surface area is 132 Å². The highest BCUT2D eigenvalue weighted by atomic mass is 16.5. The van der Waals surface area contributed by atoms with Crippen LogP contribution in [0.25, 0.3) is 0 Å². The highest BCUT2D eigenvalue weighted by Crippen LogP contribution is 2.21. The number of morpholine rings is 1. The van der Waals surface area contributed by atoms with E-state index < -0.39 is 0 Å². The van der Waals surface area contributed by atoms with Gasteiger partial charge in [-0.1, -0.05) is 59.9 Å². The predicted octanol–water partition coefficient (Wildman–Crippen LogP) is 3.42. The maximum atomic E-state index is 5.47. The van der Waals surface area contributed by atoms with Crippen molar-refractivity contribution in [2.45, 2.75) is 13.0 Å². The molecule has 0 spiro atoms. The van der Waals surface area contributed by atoms with Crippen molar-refractivity contribution < 1.29 is 4.74 Å². The molecule has 2 nitrogen and oxygen atoms in total. The molecule has 0 radical (unpaired) electrons. The topological polar surface area (TPSA) is 12.5 Å². The van der Waals surface area contributed by atoms with Crippen LogP contribution in [0.5, 0.6) is 0 Å². The first-order chi connectivity index (χ1) is 10.8. The molecule has 1 saturated heterocycles. The Hall–Kier alpha value is -2.08. The van der Waals surface area contributed by atoms with Crippen molar-refractivity contribution in [2.24, 2.45) is 0 Å². The summed E-state index contributed by atoms with van der Waals surface area (Å²) in [6.45, 7) is 5.53. The minimum atomic E-state index is 0.131. The molecule has 0 bridgehead atoms. The van der Waals surface area contributed by atoms with Crippen molar-refractivity contribution in [2.75, 3.05) is 26.3 Å². The molecule has 112 valence electrons. The molecule has 1 heterocycles. The molecule has 2 aromatic rings. The van der Waals surface area contributed by atoms with Crippen LogP contribution in [0.3, 0.4) is 0 Å². The summed E-state index contributed by atoms with van der Waals surface area (Å²) in [5.74, 6) is 6.80. The predicted molar refractivity (Wildman–Crippen MR) is 89.6 cm³/mol. The normalized spacial score (nSPS) is 16.6. The highest BCUT2D eigenvalue weighted by molar-refractivity contribution is 5.39. The molecular formula is C20H21NO. The van der Waals surface area contributed by atoms with Crippen LogP contribution < -0.4 is 0 Å². The van der Waals surface area contributed by atoms with Gasteiger partial charge in [0.25, 0.3) is 0 Å². The summed E-state index contributed by atoms with van der Waals surface area (Å²) in [5, 5.41) is 0. The Morgan fingerprint density at radius 2 is 1.64 bits per heavy atom. The van der Waals surface area contributed by atoms with Crippen LogP contribution in [0.2, 0.25) is 0 Å². The molecule has 2 aromatic carbocycles. The molecule has 1 aliphatic rings. The van der Waals surface area contributed by atoms with Gasteiger partial charge in [-0.05, 0) is 24.6 Å². The second kappa shape index (κ2) is 7.26. The van der Waals surface area contributed by atoms with Crippen molar-refractivity contribution in [1.29, 1.82) is 0 Å². The first kappa shape index (κ1) is 14.8.